The van der Waals surface area contributed by atoms with Gasteiger partial charge in [0.2, 0.25) is 0 Å². The van der Waals surface area contributed by atoms with Gasteiger partial charge in [-0.2, -0.15) is 0 Å². The molecule has 0 unspecified atom stereocenters. The number of hydrogen-bond acceptors (Lipinski definition) is 4. The Balaban J connectivity index is 0.943. The molecule has 0 fully saturated rings. The summed E-state index contributed by atoms with van der Waals surface area (Å²) in [5, 5.41) is 10.6. The van der Waals surface area contributed by atoms with Gasteiger partial charge in [0.25, 0.3) is 13.4 Å². The Morgan fingerprint density at radius 2 is 0.839 bits per heavy atom. The SMILES string of the molecule is c1cc2c3c(c1)-n1c4ccc5c6ccccc6sc5c4c4cccc(c41)B3c1cc3c(cc1O2)Oc1cccc2c1B3c1cccc3c4c5sc6ccccc6c5ccc4n-2c13. The molecule has 4 nitrogen and oxygen atoms in total. The summed E-state index contributed by atoms with van der Waals surface area (Å²) < 4.78 is 24.4. The number of nitrogens with zero attached hydrogens (tertiary/aromatic N) is 2. The van der Waals surface area contributed by atoms with Gasteiger partial charge < -0.3 is 18.6 Å². The first-order valence-corrected chi connectivity index (χ1v) is 22.9. The number of ether oxygens (including phenoxy) is 2. The van der Waals surface area contributed by atoms with Crippen LogP contribution in [0.1, 0.15) is 0 Å². The molecule has 0 amide bonds. The summed E-state index contributed by atoms with van der Waals surface area (Å²) in [6, 6.07) is 58.8. The van der Waals surface area contributed by atoms with Crippen molar-refractivity contribution in [3.8, 4) is 34.4 Å². The molecular weight excluding hydrogens is 794 g/mol. The molecule has 0 bridgehead atoms. The van der Waals surface area contributed by atoms with E-state index >= 15 is 0 Å². The van der Waals surface area contributed by atoms with Crippen LogP contribution in [0.3, 0.4) is 0 Å². The van der Waals surface area contributed by atoms with Gasteiger partial charge in [0, 0.05) is 90.4 Å². The maximum absolute atomic E-state index is 7.02. The average Bonchev–Trinajstić information content (AvgIpc) is 4.07. The standard InChI is InChI=1S/C54H26B2N2O2S2/c1-3-19-45-27(9-1)29-21-23-37-47(53(29)61-45)31-11-5-13-33-51(31)57(37)39-15-7-17-41-49(39)55(33)35-25-36-44(26-43(35)59-41)60-42-18-8-16-40-50(42)56(36)34-14-6-12-32-48-38(58(40)52(32)34)24-22-30-28-10-2-4-20-46(28)62-54(30)48/h1-26H. The number of aromatic nitrogens is 2. The number of rotatable bonds is 0. The van der Waals surface area contributed by atoms with Crippen LogP contribution in [-0.2, 0) is 0 Å². The number of fused-ring (bicyclic) bond motifs is 22. The molecular formula is C54H26B2N2O2S2. The van der Waals surface area contributed by atoms with Crippen LogP contribution in [0.15, 0.2) is 158 Å². The van der Waals surface area contributed by atoms with E-state index in [2.05, 4.69) is 167 Å². The van der Waals surface area contributed by atoms with Crippen LogP contribution >= 0.6 is 22.7 Å². The van der Waals surface area contributed by atoms with E-state index in [1.165, 1.54) is 128 Å². The smallest absolute Gasteiger partial charge is 0.256 e. The summed E-state index contributed by atoms with van der Waals surface area (Å²) in [6.07, 6.45) is 0. The highest BCUT2D eigenvalue weighted by atomic mass is 32.1. The molecule has 9 aromatic carbocycles. The zero-order chi connectivity index (χ0) is 39.7. The summed E-state index contributed by atoms with van der Waals surface area (Å²) in [5.74, 6) is 3.54. The molecule has 0 spiro atoms. The van der Waals surface area contributed by atoms with Crippen molar-refractivity contribution in [2.75, 3.05) is 0 Å². The second-order valence-corrected chi connectivity index (χ2v) is 19.5. The molecule has 0 atom stereocenters. The van der Waals surface area contributed by atoms with Gasteiger partial charge in [0.15, 0.2) is 0 Å². The monoisotopic (exact) mass is 820 g/mol. The maximum Gasteiger partial charge on any atom is 0.256 e. The number of thiophene rings is 2. The molecule has 4 aliphatic heterocycles. The third-order valence-electron chi connectivity index (χ3n) is 14.6. The molecule has 0 saturated heterocycles. The molecule has 282 valence electrons. The quantitative estimate of drug-likeness (QED) is 0.143. The first-order chi connectivity index (χ1) is 30.8. The maximum atomic E-state index is 7.02. The Bertz CT molecular complexity index is 4050. The van der Waals surface area contributed by atoms with E-state index in [0.29, 0.717) is 0 Å². The zero-order valence-electron chi connectivity index (χ0n) is 32.7. The fraction of sp³-hybridized carbons (Fsp3) is 0. The lowest BCUT2D eigenvalue weighted by molar-refractivity contribution is 0.465. The van der Waals surface area contributed by atoms with E-state index in [1.54, 1.807) is 0 Å². The van der Waals surface area contributed by atoms with Crippen molar-refractivity contribution in [3.63, 3.8) is 0 Å². The fourth-order valence-electron chi connectivity index (χ4n) is 12.3. The van der Waals surface area contributed by atoms with Crippen molar-refractivity contribution in [2.24, 2.45) is 0 Å². The van der Waals surface area contributed by atoms with Gasteiger partial charge in [0.1, 0.15) is 23.0 Å². The van der Waals surface area contributed by atoms with Crippen molar-refractivity contribution in [3.05, 3.63) is 158 Å². The molecule has 0 saturated carbocycles. The Morgan fingerprint density at radius 1 is 0.371 bits per heavy atom. The van der Waals surface area contributed by atoms with Crippen LogP contribution < -0.4 is 42.3 Å². The van der Waals surface area contributed by atoms with Crippen molar-refractivity contribution in [1.29, 1.82) is 0 Å². The molecule has 13 aromatic rings. The molecule has 17 rings (SSSR count). The molecule has 0 radical (unpaired) electrons. The minimum Gasteiger partial charge on any atom is -0.458 e. The summed E-state index contributed by atoms with van der Waals surface area (Å²) in [6.45, 7) is -0.0326. The van der Waals surface area contributed by atoms with Gasteiger partial charge in [-0.3, -0.25) is 0 Å². The third kappa shape index (κ3) is 3.51. The topological polar surface area (TPSA) is 28.3 Å². The van der Waals surface area contributed by atoms with E-state index < -0.39 is 0 Å². The largest absolute Gasteiger partial charge is 0.458 e. The minimum atomic E-state index is -0.0163. The second kappa shape index (κ2) is 10.6. The van der Waals surface area contributed by atoms with Crippen molar-refractivity contribution < 1.29 is 9.47 Å². The Kier molecular flexibility index (Phi) is 5.41. The highest BCUT2D eigenvalue weighted by Crippen LogP contribution is 2.47. The second-order valence-electron chi connectivity index (χ2n) is 17.4. The summed E-state index contributed by atoms with van der Waals surface area (Å²) in [5.41, 5.74) is 14.9. The van der Waals surface area contributed by atoms with Crippen molar-refractivity contribution >= 4 is 153 Å². The zero-order valence-corrected chi connectivity index (χ0v) is 34.3. The van der Waals surface area contributed by atoms with Crippen LogP contribution in [0.4, 0.5) is 0 Å². The van der Waals surface area contributed by atoms with E-state index in [-0.39, 0.29) is 13.4 Å². The van der Waals surface area contributed by atoms with Gasteiger partial charge >= 0.3 is 0 Å². The third-order valence-corrected chi connectivity index (χ3v) is 17.0. The van der Waals surface area contributed by atoms with E-state index in [1.807, 2.05) is 22.7 Å². The van der Waals surface area contributed by atoms with Gasteiger partial charge in [-0.05, 0) is 81.3 Å². The fourth-order valence-corrected chi connectivity index (χ4v) is 14.8. The van der Waals surface area contributed by atoms with E-state index in [4.69, 9.17) is 9.47 Å². The Labute approximate surface area is 361 Å². The molecule has 62 heavy (non-hydrogen) atoms. The molecule has 8 heteroatoms. The Hall–Kier alpha value is -7.25. The van der Waals surface area contributed by atoms with Gasteiger partial charge in [-0.25, -0.2) is 0 Å². The molecule has 0 aliphatic carbocycles. The lowest BCUT2D eigenvalue weighted by atomic mass is 9.31. The lowest BCUT2D eigenvalue weighted by Crippen LogP contribution is -2.62. The van der Waals surface area contributed by atoms with Gasteiger partial charge in [-0.15, -0.1) is 22.7 Å². The molecule has 8 heterocycles. The van der Waals surface area contributed by atoms with Crippen LogP contribution in [0, 0.1) is 0 Å². The molecule has 4 aromatic heterocycles. The number of hydrogen-bond donors (Lipinski definition) is 0. The first-order valence-electron chi connectivity index (χ1n) is 21.3. The molecule has 0 N–H and O–H groups in total. The van der Waals surface area contributed by atoms with Crippen LogP contribution in [0.5, 0.6) is 23.0 Å². The summed E-state index contributed by atoms with van der Waals surface area (Å²) in [4.78, 5) is 0. The normalized spacial score (nSPS) is 14.0. The van der Waals surface area contributed by atoms with E-state index in [9.17, 15) is 0 Å². The number of benzene rings is 9. The predicted molar refractivity (Wildman–Crippen MR) is 263 cm³/mol. The van der Waals surface area contributed by atoms with Crippen molar-refractivity contribution in [2.45, 2.75) is 0 Å². The van der Waals surface area contributed by atoms with E-state index in [0.717, 1.165) is 23.0 Å². The van der Waals surface area contributed by atoms with Crippen LogP contribution in [-0.4, -0.2) is 22.6 Å². The summed E-state index contributed by atoms with van der Waals surface area (Å²) in [7, 11) is 0. The highest BCUT2D eigenvalue weighted by molar-refractivity contribution is 7.27. The summed E-state index contributed by atoms with van der Waals surface area (Å²) >= 11 is 3.82. The average molecular weight is 821 g/mol. The highest BCUT2D eigenvalue weighted by Gasteiger charge is 2.45. The van der Waals surface area contributed by atoms with Gasteiger partial charge in [-0.1, -0.05) is 103 Å². The van der Waals surface area contributed by atoms with Gasteiger partial charge in [0.05, 0.1) is 11.0 Å². The van der Waals surface area contributed by atoms with Crippen molar-refractivity contribution in [1.82, 2.24) is 9.13 Å². The number of para-hydroxylation sites is 2. The Morgan fingerprint density at radius 3 is 1.35 bits per heavy atom. The predicted octanol–water partition coefficient (Wildman–Crippen LogP) is 10.5. The van der Waals surface area contributed by atoms with Crippen LogP contribution in [0.2, 0.25) is 0 Å². The lowest BCUT2D eigenvalue weighted by Gasteiger charge is -2.36. The minimum absolute atomic E-state index is 0.0163. The van der Waals surface area contributed by atoms with Crippen LogP contribution in [0.25, 0.3) is 95.3 Å². The first kappa shape index (κ1) is 31.6. The molecule has 4 aliphatic rings.